The van der Waals surface area contributed by atoms with Crippen LogP contribution in [-0.4, -0.2) is 17.1 Å². The lowest BCUT2D eigenvalue weighted by Crippen LogP contribution is -1.99. The summed E-state index contributed by atoms with van der Waals surface area (Å²) in [6.07, 6.45) is 0.827. The molecule has 0 atom stereocenters. The number of H-pyrrole nitrogens is 2. The number of imidazole rings is 1. The highest BCUT2D eigenvalue weighted by molar-refractivity contribution is 5.75. The van der Waals surface area contributed by atoms with Crippen LogP contribution in [-0.2, 0) is 6.42 Å². The maximum absolute atomic E-state index is 11.2. The summed E-state index contributed by atoms with van der Waals surface area (Å²) in [5.74, 6) is 0.856. The van der Waals surface area contributed by atoms with Gasteiger partial charge in [-0.25, -0.2) is 4.79 Å². The van der Waals surface area contributed by atoms with E-state index in [4.69, 9.17) is 4.74 Å². The molecule has 19 heavy (non-hydrogen) atoms. The number of hydrogen-bond acceptors (Lipinski definition) is 2. The predicted molar refractivity (Wildman–Crippen MR) is 74.7 cm³/mol. The molecule has 0 spiro atoms. The van der Waals surface area contributed by atoms with Crippen LogP contribution in [0.3, 0.4) is 0 Å². The van der Waals surface area contributed by atoms with E-state index in [1.54, 1.807) is 7.11 Å². The number of hydrogen-bond donors (Lipinski definition) is 2. The van der Waals surface area contributed by atoms with Crippen molar-refractivity contribution in [2.45, 2.75) is 6.42 Å². The Morgan fingerprint density at radius 2 is 1.63 bits per heavy atom. The number of fused-ring (bicyclic) bond motifs is 1. The fourth-order valence-corrected chi connectivity index (χ4v) is 2.17. The molecule has 3 aromatic rings. The summed E-state index contributed by atoms with van der Waals surface area (Å²) in [6, 6.07) is 13.9. The van der Waals surface area contributed by atoms with Crippen molar-refractivity contribution in [2.24, 2.45) is 0 Å². The molecular weight excluding hydrogens is 240 g/mol. The summed E-state index contributed by atoms with van der Waals surface area (Å²) in [5, 5.41) is 0. The Morgan fingerprint density at radius 3 is 2.37 bits per heavy atom. The van der Waals surface area contributed by atoms with Crippen molar-refractivity contribution in [2.75, 3.05) is 7.11 Å². The molecule has 4 nitrogen and oxygen atoms in total. The van der Waals surface area contributed by atoms with Gasteiger partial charge in [0.1, 0.15) is 5.75 Å². The number of rotatable bonds is 3. The van der Waals surface area contributed by atoms with Crippen LogP contribution in [0.5, 0.6) is 5.75 Å². The molecule has 2 N–H and O–H groups in total. The third-order valence-electron chi connectivity index (χ3n) is 3.15. The Morgan fingerprint density at radius 1 is 0.947 bits per heavy atom. The zero-order valence-corrected chi connectivity index (χ0v) is 10.6. The zero-order valence-electron chi connectivity index (χ0n) is 10.6. The number of aromatic nitrogens is 2. The molecule has 0 aliphatic rings. The van der Waals surface area contributed by atoms with Crippen molar-refractivity contribution in [1.29, 1.82) is 0 Å². The third kappa shape index (κ3) is 2.38. The molecule has 1 aromatic heterocycles. The van der Waals surface area contributed by atoms with Crippen LogP contribution in [0.25, 0.3) is 11.0 Å². The topological polar surface area (TPSA) is 57.9 Å². The van der Waals surface area contributed by atoms with Crippen molar-refractivity contribution in [3.8, 4) is 5.75 Å². The van der Waals surface area contributed by atoms with Crippen LogP contribution in [0.2, 0.25) is 0 Å². The molecule has 0 aliphatic heterocycles. The molecule has 2 aromatic carbocycles. The zero-order chi connectivity index (χ0) is 13.2. The Kier molecular flexibility index (Phi) is 2.83. The number of nitrogens with one attached hydrogen (secondary N) is 2. The van der Waals surface area contributed by atoms with Crippen LogP contribution in [0, 0.1) is 0 Å². The molecular formula is C15H14N2O2. The van der Waals surface area contributed by atoms with Gasteiger partial charge < -0.3 is 14.7 Å². The first-order valence-corrected chi connectivity index (χ1v) is 6.08. The molecule has 0 amide bonds. The predicted octanol–water partition coefficient (Wildman–Crippen LogP) is 2.46. The monoisotopic (exact) mass is 254 g/mol. The van der Waals surface area contributed by atoms with Crippen molar-refractivity contribution in [1.82, 2.24) is 9.97 Å². The Bertz CT molecular complexity index is 754. The van der Waals surface area contributed by atoms with E-state index in [9.17, 15) is 4.79 Å². The van der Waals surface area contributed by atoms with Gasteiger partial charge in [-0.3, -0.25) is 0 Å². The molecule has 0 unspecified atom stereocenters. The van der Waals surface area contributed by atoms with Gasteiger partial charge in [-0.05, 0) is 41.8 Å². The molecule has 0 fully saturated rings. The Labute approximate surface area is 110 Å². The molecule has 0 bridgehead atoms. The van der Waals surface area contributed by atoms with Crippen LogP contribution in [0.1, 0.15) is 11.1 Å². The minimum absolute atomic E-state index is 0.170. The highest BCUT2D eigenvalue weighted by Gasteiger charge is 2.01. The lowest BCUT2D eigenvalue weighted by atomic mass is 10.0. The minimum Gasteiger partial charge on any atom is -0.497 e. The van der Waals surface area contributed by atoms with Gasteiger partial charge in [0.2, 0.25) is 0 Å². The average Bonchev–Trinajstić information content (AvgIpc) is 2.79. The van der Waals surface area contributed by atoms with E-state index in [1.807, 2.05) is 42.5 Å². The molecule has 1 heterocycles. The van der Waals surface area contributed by atoms with Crippen LogP contribution < -0.4 is 10.4 Å². The van der Waals surface area contributed by atoms with Gasteiger partial charge in [0.05, 0.1) is 18.1 Å². The lowest BCUT2D eigenvalue weighted by Gasteiger charge is -2.04. The van der Waals surface area contributed by atoms with Crippen LogP contribution in [0.15, 0.2) is 47.3 Å². The second kappa shape index (κ2) is 4.65. The standard InChI is InChI=1S/C15H14N2O2/c1-19-12-5-2-10(3-6-12)8-11-4-7-13-14(9-11)17-15(18)16-13/h2-7,9H,8H2,1H3,(H2,16,17,18). The van der Waals surface area contributed by atoms with Gasteiger partial charge in [-0.2, -0.15) is 0 Å². The number of ether oxygens (including phenoxy) is 1. The smallest absolute Gasteiger partial charge is 0.323 e. The Balaban J connectivity index is 1.89. The molecule has 0 saturated carbocycles. The number of benzene rings is 2. The van der Waals surface area contributed by atoms with Crippen LogP contribution >= 0.6 is 0 Å². The quantitative estimate of drug-likeness (QED) is 0.754. The number of aromatic amines is 2. The van der Waals surface area contributed by atoms with Gasteiger partial charge in [-0.15, -0.1) is 0 Å². The average molecular weight is 254 g/mol. The highest BCUT2D eigenvalue weighted by atomic mass is 16.5. The maximum Gasteiger partial charge on any atom is 0.323 e. The molecule has 96 valence electrons. The van der Waals surface area contributed by atoms with Crippen molar-refractivity contribution in [3.63, 3.8) is 0 Å². The van der Waals surface area contributed by atoms with E-state index in [0.717, 1.165) is 28.8 Å². The van der Waals surface area contributed by atoms with E-state index in [-0.39, 0.29) is 5.69 Å². The Hall–Kier alpha value is -2.49. The fraction of sp³-hybridized carbons (Fsp3) is 0.133. The maximum atomic E-state index is 11.2. The largest absolute Gasteiger partial charge is 0.497 e. The molecule has 3 rings (SSSR count). The van der Waals surface area contributed by atoms with Crippen molar-refractivity contribution in [3.05, 3.63) is 64.1 Å². The molecule has 0 saturated heterocycles. The summed E-state index contributed by atoms with van der Waals surface area (Å²) < 4.78 is 5.14. The van der Waals surface area contributed by atoms with Gasteiger partial charge >= 0.3 is 5.69 Å². The van der Waals surface area contributed by atoms with Gasteiger partial charge in [0, 0.05) is 0 Å². The summed E-state index contributed by atoms with van der Waals surface area (Å²) >= 11 is 0. The lowest BCUT2D eigenvalue weighted by molar-refractivity contribution is 0.414. The SMILES string of the molecule is COc1ccc(Cc2ccc3[nH]c(=O)[nH]c3c2)cc1. The number of methoxy groups -OCH3 is 1. The summed E-state index contributed by atoms with van der Waals surface area (Å²) in [6.45, 7) is 0. The van der Waals surface area contributed by atoms with Gasteiger partial charge in [0.15, 0.2) is 0 Å². The molecule has 0 radical (unpaired) electrons. The first-order chi connectivity index (χ1) is 9.24. The van der Waals surface area contributed by atoms with E-state index in [0.29, 0.717) is 0 Å². The van der Waals surface area contributed by atoms with E-state index in [2.05, 4.69) is 9.97 Å². The van der Waals surface area contributed by atoms with Crippen molar-refractivity contribution >= 4 is 11.0 Å². The van der Waals surface area contributed by atoms with Gasteiger partial charge in [-0.1, -0.05) is 18.2 Å². The first-order valence-electron chi connectivity index (χ1n) is 6.08. The normalized spacial score (nSPS) is 10.8. The highest BCUT2D eigenvalue weighted by Crippen LogP contribution is 2.17. The minimum atomic E-state index is -0.170. The molecule has 0 aliphatic carbocycles. The molecule has 4 heteroatoms. The fourth-order valence-electron chi connectivity index (χ4n) is 2.17. The van der Waals surface area contributed by atoms with E-state index in [1.165, 1.54) is 5.56 Å². The summed E-state index contributed by atoms with van der Waals surface area (Å²) in [5.41, 5.74) is 3.88. The van der Waals surface area contributed by atoms with Gasteiger partial charge in [0.25, 0.3) is 0 Å². The van der Waals surface area contributed by atoms with Crippen molar-refractivity contribution < 1.29 is 4.74 Å². The third-order valence-corrected chi connectivity index (χ3v) is 3.15. The second-order valence-electron chi connectivity index (χ2n) is 4.48. The summed E-state index contributed by atoms with van der Waals surface area (Å²) in [4.78, 5) is 16.7. The van der Waals surface area contributed by atoms with E-state index >= 15 is 0 Å². The first kappa shape index (κ1) is 11.6. The van der Waals surface area contributed by atoms with Crippen LogP contribution in [0.4, 0.5) is 0 Å². The summed E-state index contributed by atoms with van der Waals surface area (Å²) in [7, 11) is 1.66. The second-order valence-corrected chi connectivity index (χ2v) is 4.48. The van der Waals surface area contributed by atoms with E-state index < -0.39 is 0 Å².